The molecule has 4 heterocycles. The molecule has 2 fully saturated rings. The lowest BCUT2D eigenvalue weighted by atomic mass is 10.1. The maximum atomic E-state index is 14.9. The van der Waals surface area contributed by atoms with E-state index in [-0.39, 0.29) is 54.1 Å². The summed E-state index contributed by atoms with van der Waals surface area (Å²) in [5, 5.41) is 10.1. The van der Waals surface area contributed by atoms with Crippen molar-refractivity contribution < 1.29 is 36.9 Å². The molecule has 0 aliphatic carbocycles. The first kappa shape index (κ1) is 31.3. The van der Waals surface area contributed by atoms with E-state index in [1.807, 2.05) is 7.05 Å². The van der Waals surface area contributed by atoms with Crippen LogP contribution in [0.25, 0.3) is 16.6 Å². The number of rotatable bonds is 4. The number of phenols is 1. The largest absolute Gasteiger partial charge is 0.506 e. The number of para-hydroxylation sites is 1. The summed E-state index contributed by atoms with van der Waals surface area (Å²) in [6.07, 6.45) is -4.67. The van der Waals surface area contributed by atoms with Crippen LogP contribution in [-0.2, 0) is 10.9 Å². The molecule has 1 aromatic carbocycles. The van der Waals surface area contributed by atoms with Crippen molar-refractivity contribution in [2.24, 2.45) is 0 Å². The lowest BCUT2D eigenvalue weighted by Crippen LogP contribution is -2.50. The van der Waals surface area contributed by atoms with Crippen molar-refractivity contribution in [3.63, 3.8) is 0 Å². The van der Waals surface area contributed by atoms with Crippen LogP contribution in [0.15, 0.2) is 29.1 Å². The predicted octanol–water partition coefficient (Wildman–Crippen LogP) is 4.17. The molecule has 44 heavy (non-hydrogen) atoms. The normalized spacial score (nSPS) is 17.3. The van der Waals surface area contributed by atoms with E-state index in [2.05, 4.69) is 14.9 Å². The molecule has 15 heteroatoms. The molecule has 0 bridgehead atoms. The molecule has 2 aliphatic heterocycles. The van der Waals surface area contributed by atoms with Crippen LogP contribution in [0.2, 0.25) is 0 Å². The van der Waals surface area contributed by atoms with Gasteiger partial charge in [-0.3, -0.25) is 9.36 Å². The molecule has 11 nitrogen and oxygen atoms in total. The summed E-state index contributed by atoms with van der Waals surface area (Å²) in [6.45, 7) is 7.40. The minimum Gasteiger partial charge on any atom is -0.506 e. The van der Waals surface area contributed by atoms with E-state index < -0.39 is 51.9 Å². The number of carbonyl (C=O) groups excluding carboxylic acids is 1. The van der Waals surface area contributed by atoms with E-state index in [0.29, 0.717) is 18.9 Å². The molecule has 3 aromatic rings. The molecule has 0 spiro atoms. The number of amides is 1. The van der Waals surface area contributed by atoms with Crippen LogP contribution >= 0.6 is 0 Å². The lowest BCUT2D eigenvalue weighted by Gasteiger charge is -2.36. The number of benzene rings is 1. The van der Waals surface area contributed by atoms with Crippen molar-refractivity contribution >= 4 is 22.8 Å². The fourth-order valence-corrected chi connectivity index (χ4v) is 5.28. The van der Waals surface area contributed by atoms with Crippen LogP contribution < -0.4 is 15.2 Å². The average molecular weight is 623 g/mol. The Morgan fingerprint density at radius 2 is 1.68 bits per heavy atom. The number of nitrogens with zero attached hydrogens (tertiary/aromatic N) is 6. The number of halogens is 4. The topological polar surface area (TPSA) is 113 Å². The van der Waals surface area contributed by atoms with Gasteiger partial charge in [-0.1, -0.05) is 6.07 Å². The second-order valence-corrected chi connectivity index (χ2v) is 11.9. The van der Waals surface area contributed by atoms with Crippen molar-refractivity contribution in [2.45, 2.75) is 51.5 Å². The van der Waals surface area contributed by atoms with E-state index in [1.54, 1.807) is 25.7 Å². The number of pyridine rings is 1. The number of hydrogen-bond acceptors (Lipinski definition) is 9. The Morgan fingerprint density at radius 1 is 1.02 bits per heavy atom. The smallest absolute Gasteiger partial charge is 0.431 e. The Labute approximate surface area is 250 Å². The molecule has 2 aromatic heterocycles. The molecule has 0 radical (unpaired) electrons. The Kier molecular flexibility index (Phi) is 8.35. The maximum absolute atomic E-state index is 14.9. The number of anilines is 1. The van der Waals surface area contributed by atoms with Crippen molar-refractivity contribution in [2.75, 3.05) is 51.2 Å². The third-order valence-electron chi connectivity index (χ3n) is 7.48. The van der Waals surface area contributed by atoms with Gasteiger partial charge in [-0.05, 0) is 58.9 Å². The number of hydrogen-bond donors (Lipinski definition) is 1. The third-order valence-corrected chi connectivity index (χ3v) is 7.48. The van der Waals surface area contributed by atoms with Crippen LogP contribution in [-0.4, -0.2) is 93.6 Å². The summed E-state index contributed by atoms with van der Waals surface area (Å²) in [5.74, 6) is -2.08. The standard InChI is InChI=1S/C29H34F4N6O5/c1-28(2,3)44-27(42)38-14-12-37(13-15-38)24-18-16-21(29(31,32)33)39(23-19(30)6-5-7-20(23)40)25(41)22(18)34-26(35-24)43-17-8-10-36(4)11-9-17/h5-7,16-17,40H,8-15H2,1-4H3. The SMILES string of the molecule is CN1CCC(Oc2nc(N3CCN(C(=O)OC(C)(C)C)CC3)c3cc(C(F)(F)F)n(-c4c(O)cccc4F)c(=O)c3n2)CC1. The van der Waals surface area contributed by atoms with Crippen LogP contribution in [0.4, 0.5) is 28.2 Å². The number of phenolic OH excluding ortho intramolecular Hbond substituents is 1. The Morgan fingerprint density at radius 3 is 2.27 bits per heavy atom. The lowest BCUT2D eigenvalue weighted by molar-refractivity contribution is -0.142. The van der Waals surface area contributed by atoms with E-state index in [1.165, 1.54) is 4.90 Å². The van der Waals surface area contributed by atoms with E-state index in [4.69, 9.17) is 9.47 Å². The number of piperidine rings is 1. The number of fused-ring (bicyclic) bond motifs is 1. The van der Waals surface area contributed by atoms with E-state index in [0.717, 1.165) is 31.3 Å². The summed E-state index contributed by atoms with van der Waals surface area (Å²) < 4.78 is 69.9. The van der Waals surface area contributed by atoms with Gasteiger partial charge in [0.1, 0.15) is 40.2 Å². The van der Waals surface area contributed by atoms with E-state index in [9.17, 15) is 32.3 Å². The molecule has 1 amide bonds. The number of ether oxygens (including phenoxy) is 2. The highest BCUT2D eigenvalue weighted by Gasteiger charge is 2.38. The zero-order valence-electron chi connectivity index (χ0n) is 24.8. The Bertz CT molecular complexity index is 1590. The van der Waals surface area contributed by atoms with Gasteiger partial charge in [0.2, 0.25) is 0 Å². The molecule has 2 saturated heterocycles. The van der Waals surface area contributed by atoms with E-state index >= 15 is 0 Å². The molecule has 0 atom stereocenters. The molecule has 1 N–H and O–H groups in total. The summed E-state index contributed by atoms with van der Waals surface area (Å²) in [7, 11) is 1.97. The first-order valence-electron chi connectivity index (χ1n) is 14.2. The van der Waals surface area contributed by atoms with Crippen molar-refractivity contribution in [1.82, 2.24) is 24.3 Å². The summed E-state index contributed by atoms with van der Waals surface area (Å²) in [5.41, 5.74) is -4.92. The van der Waals surface area contributed by atoms with Crippen molar-refractivity contribution in [1.29, 1.82) is 0 Å². The fraction of sp³-hybridized carbons (Fsp3) is 0.517. The molecule has 5 rings (SSSR count). The number of aromatic hydroxyl groups is 1. The molecular formula is C29H34F4N6O5. The number of piperazine rings is 1. The highest BCUT2D eigenvalue weighted by atomic mass is 19.4. The Hall–Kier alpha value is -4.14. The number of aromatic nitrogens is 3. The van der Waals surface area contributed by atoms with Crippen molar-refractivity contribution in [3.05, 3.63) is 46.1 Å². The second-order valence-electron chi connectivity index (χ2n) is 11.9. The zero-order valence-corrected chi connectivity index (χ0v) is 24.8. The summed E-state index contributed by atoms with van der Waals surface area (Å²) >= 11 is 0. The molecular weight excluding hydrogens is 588 g/mol. The Balaban J connectivity index is 1.64. The van der Waals surface area contributed by atoms with Gasteiger partial charge < -0.3 is 29.3 Å². The quantitative estimate of drug-likeness (QED) is 0.429. The minimum absolute atomic E-state index is 0.00858. The number of alkyl halides is 3. The van der Waals surface area contributed by atoms with Gasteiger partial charge in [0.25, 0.3) is 5.56 Å². The van der Waals surface area contributed by atoms with Gasteiger partial charge in [-0.25, -0.2) is 9.18 Å². The average Bonchev–Trinajstić information content (AvgIpc) is 2.93. The number of likely N-dealkylation sites (tertiary alicyclic amines) is 1. The monoisotopic (exact) mass is 622 g/mol. The highest BCUT2D eigenvalue weighted by molar-refractivity contribution is 5.90. The van der Waals surface area contributed by atoms with Gasteiger partial charge in [0.15, 0.2) is 5.82 Å². The van der Waals surface area contributed by atoms with Gasteiger partial charge in [-0.2, -0.15) is 23.1 Å². The zero-order chi connectivity index (χ0) is 32.0. The maximum Gasteiger partial charge on any atom is 0.431 e. The van der Waals surface area contributed by atoms with Gasteiger partial charge >= 0.3 is 18.3 Å². The molecule has 0 saturated carbocycles. The molecule has 0 unspecified atom stereocenters. The second kappa shape index (κ2) is 11.7. The third kappa shape index (κ3) is 6.51. The van der Waals surface area contributed by atoms with Crippen LogP contribution in [0, 0.1) is 5.82 Å². The molecule has 2 aliphatic rings. The summed E-state index contributed by atoms with van der Waals surface area (Å²) in [4.78, 5) is 40.4. The van der Waals surface area contributed by atoms with Gasteiger partial charge in [0.05, 0.1) is 5.39 Å². The van der Waals surface area contributed by atoms with Crippen LogP contribution in [0.1, 0.15) is 39.3 Å². The van der Waals surface area contributed by atoms with Crippen LogP contribution in [0.3, 0.4) is 0 Å². The van der Waals surface area contributed by atoms with Crippen LogP contribution in [0.5, 0.6) is 11.8 Å². The first-order valence-corrected chi connectivity index (χ1v) is 14.2. The first-order chi connectivity index (χ1) is 20.6. The minimum atomic E-state index is -5.13. The van der Waals surface area contributed by atoms with Gasteiger partial charge in [-0.15, -0.1) is 0 Å². The van der Waals surface area contributed by atoms with Crippen molar-refractivity contribution in [3.8, 4) is 17.4 Å². The predicted molar refractivity (Wildman–Crippen MR) is 153 cm³/mol. The number of carbonyl (C=O) groups is 1. The molecule has 238 valence electrons. The highest BCUT2D eigenvalue weighted by Crippen LogP contribution is 2.37. The summed E-state index contributed by atoms with van der Waals surface area (Å²) in [6, 6.07) is 3.41. The fourth-order valence-electron chi connectivity index (χ4n) is 5.28. The van der Waals surface area contributed by atoms with Gasteiger partial charge in [0, 0.05) is 39.3 Å².